The molecule has 1 aliphatic heterocycles. The molecule has 1 fully saturated rings. The lowest BCUT2D eigenvalue weighted by atomic mass is 10.2. The molecule has 0 N–H and O–H groups in total. The van der Waals surface area contributed by atoms with Gasteiger partial charge in [-0.2, -0.15) is 0 Å². The van der Waals surface area contributed by atoms with Gasteiger partial charge in [0.25, 0.3) is 5.91 Å². The van der Waals surface area contributed by atoms with Crippen molar-refractivity contribution in [2.24, 2.45) is 0 Å². The molecule has 1 amide bonds. The summed E-state index contributed by atoms with van der Waals surface area (Å²) in [5.41, 5.74) is 1.97. The van der Waals surface area contributed by atoms with Crippen LogP contribution in [0.2, 0.25) is 0 Å². The van der Waals surface area contributed by atoms with Crippen LogP contribution in [0, 0.1) is 0 Å². The van der Waals surface area contributed by atoms with Crippen molar-refractivity contribution in [2.75, 3.05) is 31.1 Å². The molecule has 0 aromatic carbocycles. The van der Waals surface area contributed by atoms with Crippen LogP contribution >= 0.6 is 11.3 Å². The summed E-state index contributed by atoms with van der Waals surface area (Å²) in [7, 11) is 0. The summed E-state index contributed by atoms with van der Waals surface area (Å²) >= 11 is 1.69. The molecule has 0 atom stereocenters. The van der Waals surface area contributed by atoms with E-state index in [1.54, 1.807) is 11.3 Å². The number of aromatic nitrogens is 2. The van der Waals surface area contributed by atoms with Gasteiger partial charge in [-0.3, -0.25) is 4.79 Å². The smallest absolute Gasteiger partial charge is 0.270 e. The first-order valence-corrected chi connectivity index (χ1v) is 9.57. The molecular weight excluding hydrogens is 332 g/mol. The van der Waals surface area contributed by atoms with Gasteiger partial charge < -0.3 is 14.4 Å². The standard InChI is InChI=1S/C19H22N4OS/c1-14(2)23-15-6-12-25-17(15)13-16(23)19(24)22-10-8-21(9-11-22)18-5-3-4-7-20-18/h3-7,12-14H,8-11H2,1-2H3. The minimum Gasteiger partial charge on any atom is -0.353 e. The van der Waals surface area contributed by atoms with Crippen LogP contribution < -0.4 is 4.90 Å². The van der Waals surface area contributed by atoms with E-state index in [1.165, 1.54) is 4.70 Å². The van der Waals surface area contributed by atoms with E-state index >= 15 is 0 Å². The minimum atomic E-state index is 0.137. The lowest BCUT2D eigenvalue weighted by Gasteiger charge is -2.35. The molecule has 6 heteroatoms. The monoisotopic (exact) mass is 354 g/mol. The third-order valence-electron chi connectivity index (χ3n) is 4.74. The minimum absolute atomic E-state index is 0.137. The predicted octanol–water partition coefficient (Wildman–Crippen LogP) is 3.64. The van der Waals surface area contributed by atoms with Crippen molar-refractivity contribution >= 4 is 33.3 Å². The Morgan fingerprint density at radius 3 is 2.64 bits per heavy atom. The lowest BCUT2D eigenvalue weighted by Crippen LogP contribution is -2.49. The summed E-state index contributed by atoms with van der Waals surface area (Å²) in [6.45, 7) is 7.36. The van der Waals surface area contributed by atoms with Crippen molar-refractivity contribution in [1.82, 2.24) is 14.5 Å². The van der Waals surface area contributed by atoms with Crippen LogP contribution in [0.5, 0.6) is 0 Å². The van der Waals surface area contributed by atoms with Gasteiger partial charge in [0.2, 0.25) is 0 Å². The molecule has 4 heterocycles. The number of nitrogens with zero attached hydrogens (tertiary/aromatic N) is 4. The fourth-order valence-electron chi connectivity index (χ4n) is 3.51. The molecule has 5 nitrogen and oxygen atoms in total. The Bertz CT molecular complexity index is 875. The highest BCUT2D eigenvalue weighted by atomic mass is 32.1. The van der Waals surface area contributed by atoms with E-state index in [4.69, 9.17) is 0 Å². The molecule has 0 spiro atoms. The van der Waals surface area contributed by atoms with Crippen molar-refractivity contribution in [3.63, 3.8) is 0 Å². The number of carbonyl (C=O) groups excluding carboxylic acids is 1. The number of thiophene rings is 1. The molecule has 130 valence electrons. The van der Waals surface area contributed by atoms with Crippen molar-refractivity contribution < 1.29 is 4.79 Å². The number of amides is 1. The normalized spacial score (nSPS) is 15.3. The molecule has 0 bridgehead atoms. The van der Waals surface area contributed by atoms with Gasteiger partial charge in [-0.25, -0.2) is 4.98 Å². The zero-order valence-corrected chi connectivity index (χ0v) is 15.4. The lowest BCUT2D eigenvalue weighted by molar-refractivity contribution is 0.0734. The van der Waals surface area contributed by atoms with Crippen LogP contribution in [0.15, 0.2) is 41.9 Å². The van der Waals surface area contributed by atoms with E-state index in [0.29, 0.717) is 0 Å². The summed E-state index contributed by atoms with van der Waals surface area (Å²) in [5, 5.41) is 2.09. The van der Waals surface area contributed by atoms with Gasteiger partial charge in [-0.05, 0) is 43.5 Å². The van der Waals surface area contributed by atoms with Crippen LogP contribution in [-0.4, -0.2) is 46.5 Å². The zero-order chi connectivity index (χ0) is 17.4. The van der Waals surface area contributed by atoms with E-state index in [1.807, 2.05) is 35.4 Å². The number of hydrogen-bond acceptors (Lipinski definition) is 4. The Balaban J connectivity index is 1.53. The maximum atomic E-state index is 13.1. The molecule has 0 aliphatic carbocycles. The third kappa shape index (κ3) is 2.91. The quantitative estimate of drug-likeness (QED) is 0.721. The molecule has 1 aliphatic rings. The zero-order valence-electron chi connectivity index (χ0n) is 14.6. The van der Waals surface area contributed by atoms with Gasteiger partial charge in [0.15, 0.2) is 0 Å². The molecule has 1 saturated heterocycles. The summed E-state index contributed by atoms with van der Waals surface area (Å²) in [4.78, 5) is 21.7. The van der Waals surface area contributed by atoms with Gasteiger partial charge in [0, 0.05) is 38.4 Å². The van der Waals surface area contributed by atoms with Crippen LogP contribution in [0.1, 0.15) is 30.4 Å². The Morgan fingerprint density at radius 2 is 1.96 bits per heavy atom. The van der Waals surface area contributed by atoms with Crippen LogP contribution in [-0.2, 0) is 0 Å². The van der Waals surface area contributed by atoms with Gasteiger partial charge in [-0.1, -0.05) is 6.07 Å². The summed E-state index contributed by atoms with van der Waals surface area (Å²) < 4.78 is 3.35. The second-order valence-corrected chi connectivity index (χ2v) is 7.58. The summed E-state index contributed by atoms with van der Waals surface area (Å²) in [5.74, 6) is 1.12. The number of rotatable bonds is 3. The fourth-order valence-corrected chi connectivity index (χ4v) is 4.32. The molecule has 4 rings (SSSR count). The molecule has 0 unspecified atom stereocenters. The highest BCUT2D eigenvalue weighted by Crippen LogP contribution is 2.29. The Kier molecular flexibility index (Phi) is 4.21. The second kappa shape index (κ2) is 6.52. The molecule has 0 radical (unpaired) electrons. The van der Waals surface area contributed by atoms with Crippen molar-refractivity contribution in [3.05, 3.63) is 47.6 Å². The SMILES string of the molecule is CC(C)n1c(C(=O)N2CCN(c3ccccn3)CC2)cc2sccc21. The van der Waals surface area contributed by atoms with Crippen LogP contribution in [0.25, 0.3) is 10.2 Å². The van der Waals surface area contributed by atoms with Crippen molar-refractivity contribution in [2.45, 2.75) is 19.9 Å². The first kappa shape index (κ1) is 16.1. The molecule has 25 heavy (non-hydrogen) atoms. The third-order valence-corrected chi connectivity index (χ3v) is 5.59. The van der Waals surface area contributed by atoms with Gasteiger partial charge in [0.05, 0.1) is 10.2 Å². The van der Waals surface area contributed by atoms with Gasteiger partial charge in [0.1, 0.15) is 11.5 Å². The molecule has 3 aromatic heterocycles. The first-order chi connectivity index (χ1) is 12.1. The van der Waals surface area contributed by atoms with E-state index in [0.717, 1.165) is 43.2 Å². The van der Waals surface area contributed by atoms with Gasteiger partial charge >= 0.3 is 0 Å². The van der Waals surface area contributed by atoms with Crippen LogP contribution in [0.4, 0.5) is 5.82 Å². The highest BCUT2D eigenvalue weighted by molar-refractivity contribution is 7.17. The number of piperazine rings is 1. The van der Waals surface area contributed by atoms with Gasteiger partial charge in [-0.15, -0.1) is 11.3 Å². The maximum Gasteiger partial charge on any atom is 0.270 e. The predicted molar refractivity (Wildman–Crippen MR) is 103 cm³/mol. The summed E-state index contributed by atoms with van der Waals surface area (Å²) in [6.07, 6.45) is 1.81. The van der Waals surface area contributed by atoms with E-state index in [-0.39, 0.29) is 11.9 Å². The topological polar surface area (TPSA) is 41.4 Å². The number of pyridine rings is 1. The van der Waals surface area contributed by atoms with E-state index in [9.17, 15) is 4.79 Å². The number of carbonyl (C=O) groups is 1. The van der Waals surface area contributed by atoms with E-state index < -0.39 is 0 Å². The highest BCUT2D eigenvalue weighted by Gasteiger charge is 2.26. The summed E-state index contributed by atoms with van der Waals surface area (Å²) in [6, 6.07) is 10.4. The average molecular weight is 354 g/mol. The first-order valence-electron chi connectivity index (χ1n) is 8.69. The molecule has 3 aromatic rings. The number of hydrogen-bond donors (Lipinski definition) is 0. The van der Waals surface area contributed by atoms with Crippen molar-refractivity contribution in [3.8, 4) is 0 Å². The van der Waals surface area contributed by atoms with Crippen molar-refractivity contribution in [1.29, 1.82) is 0 Å². The Labute approximate surface area is 151 Å². The van der Waals surface area contributed by atoms with Crippen LogP contribution in [0.3, 0.4) is 0 Å². The van der Waals surface area contributed by atoms with E-state index in [2.05, 4.69) is 39.7 Å². The average Bonchev–Trinajstić information content (AvgIpc) is 3.22. The molecular formula is C19H22N4OS. The maximum absolute atomic E-state index is 13.1. The number of fused-ring (bicyclic) bond motifs is 1. The fraction of sp³-hybridized carbons (Fsp3) is 0.368. The number of anilines is 1. The Morgan fingerprint density at radius 1 is 1.16 bits per heavy atom. The molecule has 0 saturated carbocycles. The largest absolute Gasteiger partial charge is 0.353 e. The Hall–Kier alpha value is -2.34. The second-order valence-electron chi connectivity index (χ2n) is 6.63.